The number of aromatic nitrogens is 3. The number of hydrogen-bond acceptors (Lipinski definition) is 4. The van der Waals surface area contributed by atoms with Gasteiger partial charge in [-0.15, -0.1) is 0 Å². The van der Waals surface area contributed by atoms with Gasteiger partial charge < -0.3 is 10.6 Å². The molecule has 22 heavy (non-hydrogen) atoms. The normalized spacial score (nSPS) is 10.4. The van der Waals surface area contributed by atoms with Gasteiger partial charge in [-0.25, -0.2) is 9.50 Å². The molecule has 110 valence electrons. The van der Waals surface area contributed by atoms with Crippen molar-refractivity contribution in [3.05, 3.63) is 54.5 Å². The number of rotatable bonds is 3. The van der Waals surface area contributed by atoms with E-state index in [0.717, 1.165) is 0 Å². The molecular weight excluding hydrogens is 282 g/mol. The van der Waals surface area contributed by atoms with Crippen molar-refractivity contribution in [1.29, 1.82) is 0 Å². The Bertz CT molecular complexity index is 806. The van der Waals surface area contributed by atoms with Gasteiger partial charge in [0.1, 0.15) is 0 Å². The molecule has 2 amide bonds. The zero-order chi connectivity index (χ0) is 15.5. The van der Waals surface area contributed by atoms with Gasteiger partial charge in [0.25, 0.3) is 5.91 Å². The Hall–Kier alpha value is -3.22. The first-order valence-electron chi connectivity index (χ1n) is 6.61. The van der Waals surface area contributed by atoms with Gasteiger partial charge >= 0.3 is 0 Å². The average molecular weight is 295 g/mol. The lowest BCUT2D eigenvalue weighted by Gasteiger charge is -2.05. The molecule has 2 heterocycles. The largest absolute Gasteiger partial charge is 0.326 e. The molecule has 0 radical (unpaired) electrons. The Balaban J connectivity index is 1.74. The summed E-state index contributed by atoms with van der Waals surface area (Å²) < 4.78 is 1.54. The standard InChI is InChI=1S/C15H13N5O2/c1-10(21)17-11-3-5-12(6-4-11)18-15(22)13-9-14-16-7-2-8-20(14)19-13/h2-9H,1H3,(H,17,21)(H,18,22). The molecule has 0 aliphatic rings. The van der Waals surface area contributed by atoms with E-state index >= 15 is 0 Å². The van der Waals surface area contributed by atoms with Gasteiger partial charge in [0.05, 0.1) is 0 Å². The van der Waals surface area contributed by atoms with Crippen LogP contribution in [0.1, 0.15) is 17.4 Å². The van der Waals surface area contributed by atoms with Crippen LogP contribution >= 0.6 is 0 Å². The van der Waals surface area contributed by atoms with Crippen molar-refractivity contribution in [3.63, 3.8) is 0 Å². The number of anilines is 2. The first-order valence-corrected chi connectivity index (χ1v) is 6.61. The highest BCUT2D eigenvalue weighted by molar-refractivity contribution is 6.03. The van der Waals surface area contributed by atoms with E-state index in [1.807, 2.05) is 0 Å². The maximum absolute atomic E-state index is 12.2. The van der Waals surface area contributed by atoms with Crippen molar-refractivity contribution in [2.24, 2.45) is 0 Å². The Kier molecular flexibility index (Phi) is 3.53. The van der Waals surface area contributed by atoms with Crippen molar-refractivity contribution in [1.82, 2.24) is 14.6 Å². The van der Waals surface area contributed by atoms with E-state index in [4.69, 9.17) is 0 Å². The maximum atomic E-state index is 12.2. The predicted octanol–water partition coefficient (Wildman–Crippen LogP) is 1.94. The van der Waals surface area contributed by atoms with Crippen LogP contribution in [0, 0.1) is 0 Å². The van der Waals surface area contributed by atoms with Crippen LogP contribution < -0.4 is 10.6 Å². The Morgan fingerprint density at radius 2 is 1.77 bits per heavy atom. The number of hydrogen-bond donors (Lipinski definition) is 2. The lowest BCUT2D eigenvalue weighted by Crippen LogP contribution is -2.12. The SMILES string of the molecule is CC(=O)Nc1ccc(NC(=O)c2cc3ncccn3n2)cc1. The monoisotopic (exact) mass is 295 g/mol. The number of carbonyl (C=O) groups excluding carboxylic acids is 2. The highest BCUT2D eigenvalue weighted by Gasteiger charge is 2.11. The number of carbonyl (C=O) groups is 2. The van der Waals surface area contributed by atoms with E-state index in [9.17, 15) is 9.59 Å². The molecule has 3 aromatic rings. The minimum Gasteiger partial charge on any atom is -0.326 e. The van der Waals surface area contributed by atoms with Crippen molar-refractivity contribution >= 4 is 28.8 Å². The molecule has 0 atom stereocenters. The summed E-state index contributed by atoms with van der Waals surface area (Å²) in [5.74, 6) is -0.466. The summed E-state index contributed by atoms with van der Waals surface area (Å²) in [6.45, 7) is 1.44. The summed E-state index contributed by atoms with van der Waals surface area (Å²) in [6.07, 6.45) is 3.36. The van der Waals surface area contributed by atoms with E-state index in [1.165, 1.54) is 11.4 Å². The van der Waals surface area contributed by atoms with E-state index in [1.54, 1.807) is 48.8 Å². The van der Waals surface area contributed by atoms with Crippen LogP contribution in [-0.4, -0.2) is 26.4 Å². The number of benzene rings is 1. The van der Waals surface area contributed by atoms with Gasteiger partial charge in [0, 0.05) is 36.8 Å². The molecule has 3 rings (SSSR count). The van der Waals surface area contributed by atoms with Gasteiger partial charge in [0.2, 0.25) is 5.91 Å². The zero-order valence-electron chi connectivity index (χ0n) is 11.8. The summed E-state index contributed by atoms with van der Waals surface area (Å²) in [5.41, 5.74) is 2.17. The molecule has 0 spiro atoms. The molecule has 0 aliphatic heterocycles. The number of nitrogens with zero attached hydrogens (tertiary/aromatic N) is 3. The van der Waals surface area contributed by atoms with E-state index in [2.05, 4.69) is 20.7 Å². The minimum atomic E-state index is -0.322. The highest BCUT2D eigenvalue weighted by Crippen LogP contribution is 2.14. The number of nitrogens with one attached hydrogen (secondary N) is 2. The first-order chi connectivity index (χ1) is 10.6. The van der Waals surface area contributed by atoms with Gasteiger partial charge in [0.15, 0.2) is 11.3 Å². The van der Waals surface area contributed by atoms with E-state index < -0.39 is 0 Å². The Labute approximate surface area is 126 Å². The molecule has 0 saturated heterocycles. The number of fused-ring (bicyclic) bond motifs is 1. The van der Waals surface area contributed by atoms with Gasteiger partial charge in [-0.1, -0.05) is 0 Å². The first kappa shape index (κ1) is 13.7. The molecule has 7 heteroatoms. The topological polar surface area (TPSA) is 88.4 Å². The van der Waals surface area contributed by atoms with Crippen LogP contribution in [0.15, 0.2) is 48.8 Å². The zero-order valence-corrected chi connectivity index (χ0v) is 11.8. The third-order valence-corrected chi connectivity index (χ3v) is 2.93. The Morgan fingerprint density at radius 3 is 2.41 bits per heavy atom. The summed E-state index contributed by atoms with van der Waals surface area (Å²) in [4.78, 5) is 27.2. The molecule has 0 bridgehead atoms. The average Bonchev–Trinajstić information content (AvgIpc) is 2.93. The molecule has 1 aromatic carbocycles. The van der Waals surface area contributed by atoms with Crippen LogP contribution in [0.25, 0.3) is 5.65 Å². The molecule has 2 aromatic heterocycles. The van der Waals surface area contributed by atoms with Crippen molar-refractivity contribution in [3.8, 4) is 0 Å². The van der Waals surface area contributed by atoms with E-state index in [0.29, 0.717) is 17.0 Å². The van der Waals surface area contributed by atoms with Gasteiger partial charge in [-0.3, -0.25) is 9.59 Å². The quantitative estimate of drug-likeness (QED) is 0.773. The third-order valence-electron chi connectivity index (χ3n) is 2.93. The molecule has 2 N–H and O–H groups in total. The summed E-state index contributed by atoms with van der Waals surface area (Å²) in [6, 6.07) is 10.2. The molecule has 0 fully saturated rings. The second-order valence-corrected chi connectivity index (χ2v) is 4.66. The summed E-state index contributed by atoms with van der Waals surface area (Å²) >= 11 is 0. The lowest BCUT2D eigenvalue weighted by molar-refractivity contribution is -0.114. The molecule has 7 nitrogen and oxygen atoms in total. The second kappa shape index (κ2) is 5.65. The molecule has 0 aliphatic carbocycles. The molecule has 0 saturated carbocycles. The summed E-state index contributed by atoms with van der Waals surface area (Å²) in [5, 5.41) is 9.55. The van der Waals surface area contributed by atoms with Crippen LogP contribution in [0.4, 0.5) is 11.4 Å². The minimum absolute atomic E-state index is 0.144. The lowest BCUT2D eigenvalue weighted by atomic mass is 10.2. The summed E-state index contributed by atoms with van der Waals surface area (Å²) in [7, 11) is 0. The van der Waals surface area contributed by atoms with Crippen LogP contribution in [0.2, 0.25) is 0 Å². The fraction of sp³-hybridized carbons (Fsp3) is 0.0667. The van der Waals surface area contributed by atoms with Crippen LogP contribution in [-0.2, 0) is 4.79 Å². The Morgan fingerprint density at radius 1 is 1.09 bits per heavy atom. The van der Waals surface area contributed by atoms with Gasteiger partial charge in [-0.05, 0) is 30.3 Å². The van der Waals surface area contributed by atoms with Crippen molar-refractivity contribution < 1.29 is 9.59 Å². The van der Waals surface area contributed by atoms with Crippen LogP contribution in [0.5, 0.6) is 0 Å². The third kappa shape index (κ3) is 2.93. The smallest absolute Gasteiger partial charge is 0.276 e. The van der Waals surface area contributed by atoms with Gasteiger partial charge in [-0.2, -0.15) is 5.10 Å². The second-order valence-electron chi connectivity index (χ2n) is 4.66. The molecule has 0 unspecified atom stereocenters. The predicted molar refractivity (Wildman–Crippen MR) is 81.7 cm³/mol. The van der Waals surface area contributed by atoms with Crippen molar-refractivity contribution in [2.45, 2.75) is 6.92 Å². The highest BCUT2D eigenvalue weighted by atomic mass is 16.2. The van der Waals surface area contributed by atoms with E-state index in [-0.39, 0.29) is 17.5 Å². The number of amides is 2. The fourth-order valence-electron chi connectivity index (χ4n) is 1.98. The fourth-order valence-corrected chi connectivity index (χ4v) is 1.98. The maximum Gasteiger partial charge on any atom is 0.276 e. The van der Waals surface area contributed by atoms with Crippen LogP contribution in [0.3, 0.4) is 0 Å². The van der Waals surface area contributed by atoms with Crippen molar-refractivity contribution in [2.75, 3.05) is 10.6 Å². The molecular formula is C15H13N5O2.